The van der Waals surface area contributed by atoms with Gasteiger partial charge in [-0.3, -0.25) is 4.79 Å². The molecule has 2 rings (SSSR count). The van der Waals surface area contributed by atoms with Crippen molar-refractivity contribution in [3.8, 4) is 0 Å². The van der Waals surface area contributed by atoms with Gasteiger partial charge in [0.1, 0.15) is 0 Å². The molecular formula is C12H22N2O. The second-order valence-corrected chi connectivity index (χ2v) is 5.16. The topological polar surface area (TPSA) is 32.3 Å². The molecule has 0 aliphatic carbocycles. The third kappa shape index (κ3) is 2.33. The minimum atomic E-state index is 0.0919. The molecule has 0 radical (unpaired) electrons. The van der Waals surface area contributed by atoms with E-state index in [4.69, 9.17) is 0 Å². The lowest BCUT2D eigenvalue weighted by Gasteiger charge is -2.32. The molecule has 15 heavy (non-hydrogen) atoms. The average Bonchev–Trinajstić information content (AvgIpc) is 2.63. The summed E-state index contributed by atoms with van der Waals surface area (Å²) in [5.74, 6) is 1.03. The lowest BCUT2D eigenvalue weighted by atomic mass is 9.93. The van der Waals surface area contributed by atoms with Crippen LogP contribution in [0.1, 0.15) is 39.5 Å². The minimum absolute atomic E-state index is 0.0919. The fourth-order valence-electron chi connectivity index (χ4n) is 2.76. The zero-order valence-corrected chi connectivity index (χ0v) is 9.83. The van der Waals surface area contributed by atoms with Crippen LogP contribution in [0.15, 0.2) is 0 Å². The number of hydrogen-bond acceptors (Lipinski definition) is 2. The highest BCUT2D eigenvalue weighted by atomic mass is 16.2. The van der Waals surface area contributed by atoms with Crippen LogP contribution in [-0.4, -0.2) is 36.0 Å². The first-order valence-corrected chi connectivity index (χ1v) is 6.22. The number of carbonyl (C=O) groups is 1. The number of piperidine rings is 1. The first-order valence-electron chi connectivity index (χ1n) is 6.22. The Labute approximate surface area is 92.2 Å². The first-order chi connectivity index (χ1) is 7.18. The van der Waals surface area contributed by atoms with Crippen LogP contribution in [0.4, 0.5) is 0 Å². The lowest BCUT2D eigenvalue weighted by molar-refractivity contribution is -0.134. The largest absolute Gasteiger partial charge is 0.339 e. The van der Waals surface area contributed by atoms with Crippen molar-refractivity contribution in [1.29, 1.82) is 0 Å². The van der Waals surface area contributed by atoms with E-state index in [0.717, 1.165) is 19.5 Å². The van der Waals surface area contributed by atoms with Crippen LogP contribution >= 0.6 is 0 Å². The van der Waals surface area contributed by atoms with Crippen LogP contribution in [0.25, 0.3) is 0 Å². The maximum Gasteiger partial charge on any atom is 0.239 e. The molecule has 3 unspecified atom stereocenters. The van der Waals surface area contributed by atoms with E-state index in [-0.39, 0.29) is 6.04 Å². The smallest absolute Gasteiger partial charge is 0.239 e. The highest BCUT2D eigenvalue weighted by molar-refractivity contribution is 5.82. The summed E-state index contributed by atoms with van der Waals surface area (Å²) in [6.45, 7) is 6.37. The van der Waals surface area contributed by atoms with Gasteiger partial charge in [-0.25, -0.2) is 0 Å². The molecule has 86 valence electrons. The molecule has 0 aromatic heterocycles. The molecule has 3 atom stereocenters. The lowest BCUT2D eigenvalue weighted by Crippen LogP contribution is -2.50. The minimum Gasteiger partial charge on any atom is -0.339 e. The predicted octanol–water partition coefficient (Wildman–Crippen LogP) is 1.39. The van der Waals surface area contributed by atoms with Crippen molar-refractivity contribution in [1.82, 2.24) is 10.2 Å². The van der Waals surface area contributed by atoms with E-state index in [0.29, 0.717) is 17.9 Å². The molecule has 2 aliphatic rings. The summed E-state index contributed by atoms with van der Waals surface area (Å²) in [5.41, 5.74) is 0. The van der Waals surface area contributed by atoms with Crippen LogP contribution < -0.4 is 5.32 Å². The molecule has 2 saturated heterocycles. The molecule has 0 saturated carbocycles. The van der Waals surface area contributed by atoms with Crippen LogP contribution in [0.2, 0.25) is 0 Å². The van der Waals surface area contributed by atoms with E-state index in [2.05, 4.69) is 24.1 Å². The van der Waals surface area contributed by atoms with Crippen molar-refractivity contribution >= 4 is 5.91 Å². The molecule has 0 spiro atoms. The Kier molecular flexibility index (Phi) is 3.29. The monoisotopic (exact) mass is 210 g/mol. The summed E-state index contributed by atoms with van der Waals surface area (Å²) in [7, 11) is 0. The number of rotatable bonds is 1. The van der Waals surface area contributed by atoms with Crippen LogP contribution in [0.3, 0.4) is 0 Å². The Morgan fingerprint density at radius 1 is 1.33 bits per heavy atom. The van der Waals surface area contributed by atoms with Gasteiger partial charge in [0.15, 0.2) is 0 Å². The Morgan fingerprint density at radius 2 is 2.13 bits per heavy atom. The quantitative estimate of drug-likeness (QED) is 0.709. The van der Waals surface area contributed by atoms with Gasteiger partial charge in [-0.2, -0.15) is 0 Å². The normalized spacial score (nSPS) is 36.9. The van der Waals surface area contributed by atoms with Gasteiger partial charge in [-0.1, -0.05) is 6.92 Å². The van der Waals surface area contributed by atoms with Crippen molar-refractivity contribution in [3.63, 3.8) is 0 Å². The van der Waals surface area contributed by atoms with Gasteiger partial charge in [0.05, 0.1) is 6.04 Å². The predicted molar refractivity (Wildman–Crippen MR) is 60.6 cm³/mol. The molecule has 2 heterocycles. The molecule has 1 N–H and O–H groups in total. The summed E-state index contributed by atoms with van der Waals surface area (Å²) >= 11 is 0. The zero-order chi connectivity index (χ0) is 10.8. The van der Waals surface area contributed by atoms with Crippen molar-refractivity contribution < 1.29 is 4.79 Å². The third-order valence-electron chi connectivity index (χ3n) is 3.80. The number of nitrogens with zero attached hydrogens (tertiary/aromatic N) is 1. The molecule has 3 heteroatoms. The van der Waals surface area contributed by atoms with Gasteiger partial charge in [0, 0.05) is 12.6 Å². The van der Waals surface area contributed by atoms with E-state index in [1.54, 1.807) is 0 Å². The molecule has 3 nitrogen and oxygen atoms in total. The van der Waals surface area contributed by atoms with Gasteiger partial charge >= 0.3 is 0 Å². The third-order valence-corrected chi connectivity index (χ3v) is 3.80. The number of likely N-dealkylation sites (tertiary alicyclic amines) is 1. The molecule has 2 fully saturated rings. The van der Waals surface area contributed by atoms with E-state index in [9.17, 15) is 4.79 Å². The molecule has 0 aromatic rings. The van der Waals surface area contributed by atoms with Crippen LogP contribution in [0, 0.1) is 5.92 Å². The van der Waals surface area contributed by atoms with Crippen molar-refractivity contribution in [2.24, 2.45) is 5.92 Å². The highest BCUT2D eigenvalue weighted by Crippen LogP contribution is 2.21. The second-order valence-electron chi connectivity index (χ2n) is 5.16. The van der Waals surface area contributed by atoms with Crippen molar-refractivity contribution in [2.45, 2.75) is 51.6 Å². The first kappa shape index (κ1) is 10.9. The molecule has 0 bridgehead atoms. The number of amides is 1. The van der Waals surface area contributed by atoms with E-state index < -0.39 is 0 Å². The maximum absolute atomic E-state index is 12.2. The molecular weight excluding hydrogens is 188 g/mol. The summed E-state index contributed by atoms with van der Waals surface area (Å²) in [6, 6.07) is 0.547. The summed E-state index contributed by atoms with van der Waals surface area (Å²) in [6.07, 6.45) is 4.57. The van der Waals surface area contributed by atoms with Gasteiger partial charge in [0.25, 0.3) is 0 Å². The Bertz CT molecular complexity index is 242. The molecule has 1 amide bonds. The Balaban J connectivity index is 1.94. The van der Waals surface area contributed by atoms with E-state index in [1.165, 1.54) is 19.3 Å². The van der Waals surface area contributed by atoms with Gasteiger partial charge in [-0.05, 0) is 45.1 Å². The van der Waals surface area contributed by atoms with Gasteiger partial charge in [-0.15, -0.1) is 0 Å². The fraction of sp³-hybridized carbons (Fsp3) is 0.917. The van der Waals surface area contributed by atoms with Crippen molar-refractivity contribution in [3.05, 3.63) is 0 Å². The van der Waals surface area contributed by atoms with E-state index >= 15 is 0 Å². The number of hydrogen-bond donors (Lipinski definition) is 1. The fourth-order valence-corrected chi connectivity index (χ4v) is 2.76. The summed E-state index contributed by atoms with van der Waals surface area (Å²) < 4.78 is 0. The molecule has 0 aromatic carbocycles. The van der Waals surface area contributed by atoms with Gasteiger partial charge < -0.3 is 10.2 Å². The Hall–Kier alpha value is -0.570. The SMILES string of the molecule is CC1CCNC(C(=O)N2CCCC2C)C1. The van der Waals surface area contributed by atoms with Gasteiger partial charge in [0.2, 0.25) is 5.91 Å². The summed E-state index contributed by atoms with van der Waals surface area (Å²) in [5, 5.41) is 3.36. The zero-order valence-electron chi connectivity index (χ0n) is 9.83. The summed E-state index contributed by atoms with van der Waals surface area (Å²) in [4.78, 5) is 14.3. The van der Waals surface area contributed by atoms with Crippen LogP contribution in [0.5, 0.6) is 0 Å². The Morgan fingerprint density at radius 3 is 2.73 bits per heavy atom. The number of carbonyl (C=O) groups excluding carboxylic acids is 1. The average molecular weight is 210 g/mol. The van der Waals surface area contributed by atoms with Crippen molar-refractivity contribution in [2.75, 3.05) is 13.1 Å². The highest BCUT2D eigenvalue weighted by Gasteiger charge is 2.32. The molecule has 2 aliphatic heterocycles. The van der Waals surface area contributed by atoms with E-state index in [1.807, 2.05) is 0 Å². The number of nitrogens with one attached hydrogen (secondary N) is 1. The second kappa shape index (κ2) is 4.52. The standard InChI is InChI=1S/C12H22N2O/c1-9-5-6-13-11(8-9)12(15)14-7-3-4-10(14)2/h9-11,13H,3-8H2,1-2H3. The van der Waals surface area contributed by atoms with Crippen LogP contribution in [-0.2, 0) is 4.79 Å². The maximum atomic E-state index is 12.2.